The van der Waals surface area contributed by atoms with Gasteiger partial charge in [-0.1, -0.05) is 6.42 Å². The minimum absolute atomic E-state index is 0.771. The Morgan fingerprint density at radius 2 is 1.62 bits per heavy atom. The Bertz CT molecular complexity index is 72.6. The van der Waals surface area contributed by atoms with Crippen molar-refractivity contribution in [3.63, 3.8) is 0 Å². The van der Waals surface area contributed by atoms with Crippen LogP contribution in [0.25, 0.3) is 0 Å². The molecule has 0 nitrogen and oxygen atoms in total. The Kier molecular flexibility index (Phi) is 2.12. The second-order valence-corrected chi connectivity index (χ2v) is 4.35. The first-order valence-electron chi connectivity index (χ1n) is 3.09. The summed E-state index contributed by atoms with van der Waals surface area (Å²) < 4.78 is 12.0. The quantitative estimate of drug-likeness (QED) is 0.441. The summed E-state index contributed by atoms with van der Waals surface area (Å²) in [6.45, 7) is 0. The van der Waals surface area contributed by atoms with Crippen molar-refractivity contribution in [3.8, 4) is 0 Å². The maximum Gasteiger partial charge on any atom is 0.161 e. The normalized spacial score (nSPS) is 27.8. The predicted octanol–water partition coefficient (Wildman–Crippen LogP) is 3.05. The first-order chi connectivity index (χ1) is 3.71. The van der Waals surface area contributed by atoms with Crippen LogP contribution < -0.4 is 0 Å². The molecule has 48 valence electrons. The van der Waals surface area contributed by atoms with E-state index in [1.54, 1.807) is 0 Å². The highest BCUT2D eigenvalue weighted by molar-refractivity contribution is 14.1. The number of halogens is 2. The summed E-state index contributed by atoms with van der Waals surface area (Å²) in [5, 5.41) is 0. The number of alkyl halides is 2. The zero-order valence-corrected chi connectivity index (χ0v) is 6.95. The molecule has 0 N–H and O–H groups in total. The van der Waals surface area contributed by atoms with Crippen LogP contribution in [-0.2, 0) is 0 Å². The lowest BCUT2D eigenvalue weighted by Crippen LogP contribution is -2.16. The van der Waals surface area contributed by atoms with E-state index in [0.717, 1.165) is 25.7 Å². The van der Waals surface area contributed by atoms with Gasteiger partial charge in [0, 0.05) is 0 Å². The summed E-state index contributed by atoms with van der Waals surface area (Å²) in [5.74, 6) is 0. The van der Waals surface area contributed by atoms with Gasteiger partial charge in [-0.3, -0.25) is 0 Å². The molecule has 8 heavy (non-hydrogen) atoms. The van der Waals surface area contributed by atoms with Gasteiger partial charge in [0.15, 0.2) is 3.68 Å². The minimum atomic E-state index is -0.851. The molecule has 0 spiro atoms. The maximum absolute atomic E-state index is 12.9. The van der Waals surface area contributed by atoms with E-state index in [1.165, 1.54) is 6.42 Å². The molecular formula is C6H10FI. The van der Waals surface area contributed by atoms with Gasteiger partial charge in [-0.2, -0.15) is 0 Å². The largest absolute Gasteiger partial charge is 0.232 e. The molecule has 0 unspecified atom stereocenters. The summed E-state index contributed by atoms with van der Waals surface area (Å²) in [6, 6.07) is 0. The van der Waals surface area contributed by atoms with Crippen molar-refractivity contribution in [1.29, 1.82) is 0 Å². The third kappa shape index (κ3) is 1.88. The second-order valence-electron chi connectivity index (χ2n) is 2.42. The highest BCUT2D eigenvalue weighted by Gasteiger charge is 2.27. The Balaban J connectivity index is 2.33. The third-order valence-corrected chi connectivity index (χ3v) is 2.66. The van der Waals surface area contributed by atoms with E-state index in [2.05, 4.69) is 0 Å². The van der Waals surface area contributed by atoms with Crippen molar-refractivity contribution in [2.75, 3.05) is 0 Å². The van der Waals surface area contributed by atoms with E-state index in [1.807, 2.05) is 22.6 Å². The van der Waals surface area contributed by atoms with Gasteiger partial charge in [0.25, 0.3) is 0 Å². The lowest BCUT2D eigenvalue weighted by atomic mass is 9.99. The van der Waals surface area contributed by atoms with Crippen LogP contribution in [0.5, 0.6) is 0 Å². The first-order valence-corrected chi connectivity index (χ1v) is 4.16. The molecule has 0 atom stereocenters. The molecule has 0 aliphatic heterocycles. The monoisotopic (exact) mass is 228 g/mol. The van der Waals surface area contributed by atoms with Crippen LogP contribution in [0.3, 0.4) is 0 Å². The Morgan fingerprint density at radius 3 is 1.88 bits per heavy atom. The molecule has 0 aromatic heterocycles. The summed E-state index contributed by atoms with van der Waals surface area (Å²) in [4.78, 5) is 0. The molecule has 0 heterocycles. The van der Waals surface area contributed by atoms with Crippen molar-refractivity contribution < 1.29 is 4.39 Å². The van der Waals surface area contributed by atoms with Crippen LogP contribution in [0.2, 0.25) is 0 Å². The number of rotatable bonds is 0. The molecule has 0 amide bonds. The highest BCUT2D eigenvalue weighted by Crippen LogP contribution is 2.37. The molecule has 1 aliphatic carbocycles. The molecular weight excluding hydrogens is 218 g/mol. The molecule has 1 saturated carbocycles. The van der Waals surface area contributed by atoms with Crippen LogP contribution in [0.15, 0.2) is 0 Å². The predicted molar refractivity (Wildman–Crippen MR) is 40.9 cm³/mol. The summed E-state index contributed by atoms with van der Waals surface area (Å²) in [6.07, 6.45) is 4.94. The molecule has 0 saturated heterocycles. The zero-order valence-electron chi connectivity index (χ0n) is 4.79. The molecule has 0 aromatic rings. The van der Waals surface area contributed by atoms with Gasteiger partial charge >= 0.3 is 0 Å². The average molecular weight is 228 g/mol. The SMILES string of the molecule is FC1(I)CCCCC1. The zero-order chi connectivity index (χ0) is 6.04. The Morgan fingerprint density at radius 1 is 1.12 bits per heavy atom. The van der Waals surface area contributed by atoms with Crippen LogP contribution in [0.1, 0.15) is 32.1 Å². The van der Waals surface area contributed by atoms with Crippen molar-refractivity contribution in [1.82, 2.24) is 0 Å². The van der Waals surface area contributed by atoms with E-state index >= 15 is 0 Å². The van der Waals surface area contributed by atoms with Crippen molar-refractivity contribution in [3.05, 3.63) is 0 Å². The van der Waals surface area contributed by atoms with Gasteiger partial charge in [0.1, 0.15) is 0 Å². The smallest absolute Gasteiger partial charge is 0.161 e. The minimum Gasteiger partial charge on any atom is -0.232 e. The molecule has 0 radical (unpaired) electrons. The summed E-state index contributed by atoms with van der Waals surface area (Å²) in [5.41, 5.74) is 0. The molecule has 1 rings (SSSR count). The van der Waals surface area contributed by atoms with Gasteiger partial charge < -0.3 is 0 Å². The van der Waals surface area contributed by atoms with E-state index in [0.29, 0.717) is 0 Å². The molecule has 1 aliphatic rings. The van der Waals surface area contributed by atoms with Gasteiger partial charge in [-0.25, -0.2) is 4.39 Å². The summed E-state index contributed by atoms with van der Waals surface area (Å²) in [7, 11) is 0. The highest BCUT2D eigenvalue weighted by atomic mass is 127. The second kappa shape index (κ2) is 2.50. The fraction of sp³-hybridized carbons (Fsp3) is 1.00. The van der Waals surface area contributed by atoms with E-state index < -0.39 is 3.68 Å². The Labute approximate surface area is 63.0 Å². The number of hydrogen-bond donors (Lipinski definition) is 0. The summed E-state index contributed by atoms with van der Waals surface area (Å²) >= 11 is 1.92. The lowest BCUT2D eigenvalue weighted by molar-refractivity contribution is 0.232. The average Bonchev–Trinajstić information content (AvgIpc) is 1.65. The lowest BCUT2D eigenvalue weighted by Gasteiger charge is -2.22. The van der Waals surface area contributed by atoms with Crippen LogP contribution in [0, 0.1) is 0 Å². The molecule has 0 bridgehead atoms. The van der Waals surface area contributed by atoms with Crippen LogP contribution in [0.4, 0.5) is 4.39 Å². The fourth-order valence-electron chi connectivity index (χ4n) is 1.07. The molecule has 0 aromatic carbocycles. The van der Waals surface area contributed by atoms with E-state index in [9.17, 15) is 4.39 Å². The Hall–Kier alpha value is 0.660. The topological polar surface area (TPSA) is 0 Å². The van der Waals surface area contributed by atoms with Gasteiger partial charge in [0.05, 0.1) is 0 Å². The van der Waals surface area contributed by atoms with Crippen molar-refractivity contribution in [2.45, 2.75) is 35.8 Å². The molecule has 2 heteroatoms. The van der Waals surface area contributed by atoms with Gasteiger partial charge in [0.2, 0.25) is 0 Å². The van der Waals surface area contributed by atoms with Crippen molar-refractivity contribution >= 4 is 22.6 Å². The fourth-order valence-corrected chi connectivity index (χ4v) is 1.83. The van der Waals surface area contributed by atoms with Crippen molar-refractivity contribution in [2.24, 2.45) is 0 Å². The first kappa shape index (κ1) is 6.78. The van der Waals surface area contributed by atoms with Crippen LogP contribution >= 0.6 is 22.6 Å². The van der Waals surface area contributed by atoms with Gasteiger partial charge in [-0.15, -0.1) is 0 Å². The van der Waals surface area contributed by atoms with Gasteiger partial charge in [-0.05, 0) is 48.3 Å². The maximum atomic E-state index is 12.9. The third-order valence-electron chi connectivity index (χ3n) is 1.59. The van der Waals surface area contributed by atoms with Crippen LogP contribution in [-0.4, -0.2) is 3.68 Å². The molecule has 1 fully saturated rings. The van der Waals surface area contributed by atoms with E-state index in [-0.39, 0.29) is 0 Å². The number of hydrogen-bond acceptors (Lipinski definition) is 0. The standard InChI is InChI=1S/C6H10FI/c7-6(8)4-2-1-3-5-6/h1-5H2. The van der Waals surface area contributed by atoms with E-state index in [4.69, 9.17) is 0 Å².